The van der Waals surface area contributed by atoms with E-state index < -0.39 is 0 Å². The maximum absolute atomic E-state index is 11.6. The summed E-state index contributed by atoms with van der Waals surface area (Å²) in [6.07, 6.45) is 27.0. The first-order valence-electron chi connectivity index (χ1n) is 17.6. The standard InChI is InChI=1S/C35H62O6/c1-3-4-5-6-7-11-14-17-20-29(36)31-22-24-33(40-31)34-25-23-32(41-34)30(37)21-18-15-12-9-8-10-13-16-19-28-26-27(2)39-35(28)38/h26-27,29-34,36-37H,3-25H2,1-2H3/t27-,29+,30+,31-,32-,33+,34+/m0/s1. The average molecular weight is 579 g/mol. The molecule has 0 spiro atoms. The lowest BCUT2D eigenvalue weighted by atomic mass is 10.0. The Hall–Kier alpha value is -0.950. The molecule has 0 aromatic rings. The molecule has 3 heterocycles. The molecule has 0 unspecified atom stereocenters. The average Bonchev–Trinajstić information content (AvgIpc) is 3.71. The Morgan fingerprint density at radius 1 is 0.683 bits per heavy atom. The van der Waals surface area contributed by atoms with Gasteiger partial charge in [0, 0.05) is 5.57 Å². The number of aliphatic hydroxyl groups excluding tert-OH is 2. The van der Waals surface area contributed by atoms with Crippen LogP contribution in [0.2, 0.25) is 0 Å². The highest BCUT2D eigenvalue weighted by atomic mass is 16.6. The van der Waals surface area contributed by atoms with Crippen LogP contribution in [0.15, 0.2) is 11.6 Å². The van der Waals surface area contributed by atoms with E-state index in [0.717, 1.165) is 76.2 Å². The van der Waals surface area contributed by atoms with Crippen LogP contribution in [-0.4, -0.2) is 58.9 Å². The van der Waals surface area contributed by atoms with E-state index in [9.17, 15) is 15.0 Å². The predicted octanol–water partition coefficient (Wildman–Crippen LogP) is 8.11. The van der Waals surface area contributed by atoms with Gasteiger partial charge in [-0.05, 0) is 64.4 Å². The number of carbonyl (C=O) groups is 1. The SMILES string of the molecule is CCCCCCCCCC[C@@H](O)[C@@H]1CC[C@H]([C@H]2CC[C@@H]([C@H](O)CCCCCCCCCCC3=C[C@H](C)OC3=O)O2)O1. The summed E-state index contributed by atoms with van der Waals surface area (Å²) in [7, 11) is 0. The van der Waals surface area contributed by atoms with Crippen molar-refractivity contribution >= 4 is 5.97 Å². The summed E-state index contributed by atoms with van der Waals surface area (Å²) in [6, 6.07) is 0. The highest BCUT2D eigenvalue weighted by Gasteiger charge is 2.40. The Labute approximate surface area is 251 Å². The molecule has 6 heteroatoms. The third-order valence-electron chi connectivity index (χ3n) is 9.48. The molecule has 0 aromatic carbocycles. The number of hydrogen-bond donors (Lipinski definition) is 2. The minimum absolute atomic E-state index is 0.0514. The van der Waals surface area contributed by atoms with Gasteiger partial charge in [-0.25, -0.2) is 4.79 Å². The molecule has 2 fully saturated rings. The normalized spacial score (nSPS) is 27.8. The minimum atomic E-state index is -0.385. The molecule has 0 saturated carbocycles. The van der Waals surface area contributed by atoms with Crippen LogP contribution in [0.5, 0.6) is 0 Å². The molecule has 0 bridgehead atoms. The molecule has 3 aliphatic heterocycles. The van der Waals surface area contributed by atoms with Crippen LogP contribution < -0.4 is 0 Å². The van der Waals surface area contributed by atoms with Crippen LogP contribution in [0.3, 0.4) is 0 Å². The van der Waals surface area contributed by atoms with Crippen molar-refractivity contribution in [2.45, 2.75) is 204 Å². The summed E-state index contributed by atoms with van der Waals surface area (Å²) < 4.78 is 17.7. The molecule has 3 rings (SSSR count). The second-order valence-corrected chi connectivity index (χ2v) is 13.1. The molecule has 2 saturated heterocycles. The first-order valence-corrected chi connectivity index (χ1v) is 17.6. The molecule has 0 radical (unpaired) electrons. The van der Waals surface area contributed by atoms with Gasteiger partial charge in [0.25, 0.3) is 0 Å². The third kappa shape index (κ3) is 13.1. The van der Waals surface area contributed by atoms with Crippen LogP contribution in [0, 0.1) is 0 Å². The van der Waals surface area contributed by atoms with Crippen LogP contribution in [-0.2, 0) is 19.0 Å². The van der Waals surface area contributed by atoms with Crippen molar-refractivity contribution in [2.24, 2.45) is 0 Å². The van der Waals surface area contributed by atoms with Crippen molar-refractivity contribution in [3.63, 3.8) is 0 Å². The molecule has 2 N–H and O–H groups in total. The zero-order valence-corrected chi connectivity index (χ0v) is 26.4. The van der Waals surface area contributed by atoms with Gasteiger partial charge in [0.05, 0.1) is 36.6 Å². The van der Waals surface area contributed by atoms with Gasteiger partial charge in [0.1, 0.15) is 6.10 Å². The third-order valence-corrected chi connectivity index (χ3v) is 9.48. The van der Waals surface area contributed by atoms with E-state index in [2.05, 4.69) is 6.92 Å². The number of aliphatic hydroxyl groups is 2. The fraction of sp³-hybridized carbons (Fsp3) is 0.914. The van der Waals surface area contributed by atoms with E-state index in [1.165, 1.54) is 77.0 Å². The lowest BCUT2D eigenvalue weighted by Crippen LogP contribution is -2.33. The van der Waals surface area contributed by atoms with Gasteiger partial charge in [-0.3, -0.25) is 0 Å². The van der Waals surface area contributed by atoms with Crippen molar-refractivity contribution in [2.75, 3.05) is 0 Å². The number of rotatable bonds is 23. The van der Waals surface area contributed by atoms with E-state index in [1.807, 2.05) is 13.0 Å². The van der Waals surface area contributed by atoms with Crippen molar-refractivity contribution in [3.05, 3.63) is 11.6 Å². The number of cyclic esters (lactones) is 1. The van der Waals surface area contributed by atoms with Gasteiger partial charge < -0.3 is 24.4 Å². The molecule has 238 valence electrons. The lowest BCUT2D eigenvalue weighted by molar-refractivity contribution is -0.139. The van der Waals surface area contributed by atoms with Gasteiger partial charge in [-0.15, -0.1) is 0 Å². The summed E-state index contributed by atoms with van der Waals surface area (Å²) in [5.74, 6) is -0.127. The topological polar surface area (TPSA) is 85.2 Å². The first kappa shape index (κ1) is 34.5. The van der Waals surface area contributed by atoms with Crippen LogP contribution >= 0.6 is 0 Å². The van der Waals surface area contributed by atoms with Gasteiger partial charge in [-0.1, -0.05) is 103 Å². The molecule has 3 aliphatic rings. The Kier molecular flexibility index (Phi) is 16.9. The second-order valence-electron chi connectivity index (χ2n) is 13.1. The predicted molar refractivity (Wildman–Crippen MR) is 165 cm³/mol. The van der Waals surface area contributed by atoms with Crippen molar-refractivity contribution in [1.82, 2.24) is 0 Å². The van der Waals surface area contributed by atoms with E-state index >= 15 is 0 Å². The fourth-order valence-electron chi connectivity index (χ4n) is 6.90. The zero-order valence-electron chi connectivity index (χ0n) is 26.4. The number of hydrogen-bond acceptors (Lipinski definition) is 6. The maximum atomic E-state index is 11.6. The molecule has 0 aliphatic carbocycles. The van der Waals surface area contributed by atoms with Crippen LogP contribution in [0.25, 0.3) is 0 Å². The van der Waals surface area contributed by atoms with Crippen molar-refractivity contribution < 1.29 is 29.2 Å². The Bertz CT molecular complexity index is 738. The molecular formula is C35H62O6. The molecule has 7 atom stereocenters. The van der Waals surface area contributed by atoms with Gasteiger partial charge in [0.15, 0.2) is 0 Å². The quantitative estimate of drug-likeness (QED) is 0.0941. The van der Waals surface area contributed by atoms with E-state index in [0.29, 0.717) is 0 Å². The van der Waals surface area contributed by atoms with Crippen LogP contribution in [0.4, 0.5) is 0 Å². The second kappa shape index (κ2) is 20.1. The van der Waals surface area contributed by atoms with E-state index in [-0.39, 0.29) is 48.7 Å². The van der Waals surface area contributed by atoms with E-state index in [4.69, 9.17) is 14.2 Å². The zero-order chi connectivity index (χ0) is 29.3. The summed E-state index contributed by atoms with van der Waals surface area (Å²) in [6.45, 7) is 4.17. The monoisotopic (exact) mass is 578 g/mol. The highest BCUT2D eigenvalue weighted by Crippen LogP contribution is 2.34. The number of esters is 1. The molecule has 6 nitrogen and oxygen atoms in total. The van der Waals surface area contributed by atoms with E-state index in [1.54, 1.807) is 0 Å². The molecule has 41 heavy (non-hydrogen) atoms. The summed E-state index contributed by atoms with van der Waals surface area (Å²) in [5, 5.41) is 21.4. The summed E-state index contributed by atoms with van der Waals surface area (Å²) >= 11 is 0. The lowest BCUT2D eigenvalue weighted by Gasteiger charge is -2.24. The number of ether oxygens (including phenoxy) is 3. The molecular weight excluding hydrogens is 516 g/mol. The van der Waals surface area contributed by atoms with Crippen molar-refractivity contribution in [1.29, 1.82) is 0 Å². The maximum Gasteiger partial charge on any atom is 0.334 e. The smallest absolute Gasteiger partial charge is 0.334 e. The number of unbranched alkanes of at least 4 members (excludes halogenated alkanes) is 14. The molecule has 0 amide bonds. The summed E-state index contributed by atoms with van der Waals surface area (Å²) in [5.41, 5.74) is 0.858. The van der Waals surface area contributed by atoms with Gasteiger partial charge >= 0.3 is 5.97 Å². The first-order chi connectivity index (χ1) is 20.0. The Balaban J connectivity index is 1.14. The van der Waals surface area contributed by atoms with Crippen LogP contribution in [0.1, 0.15) is 162 Å². The Morgan fingerprint density at radius 2 is 1.12 bits per heavy atom. The summed E-state index contributed by atoms with van der Waals surface area (Å²) in [4.78, 5) is 11.6. The fourth-order valence-corrected chi connectivity index (χ4v) is 6.90. The Morgan fingerprint density at radius 3 is 1.56 bits per heavy atom. The molecule has 0 aromatic heterocycles. The van der Waals surface area contributed by atoms with Gasteiger partial charge in [-0.2, -0.15) is 0 Å². The highest BCUT2D eigenvalue weighted by molar-refractivity contribution is 5.90. The largest absolute Gasteiger partial charge is 0.455 e. The number of carbonyl (C=O) groups excluding carboxylic acids is 1. The minimum Gasteiger partial charge on any atom is -0.455 e. The van der Waals surface area contributed by atoms with Crippen molar-refractivity contribution in [3.8, 4) is 0 Å². The van der Waals surface area contributed by atoms with Gasteiger partial charge in [0.2, 0.25) is 0 Å².